The van der Waals surface area contributed by atoms with Crippen molar-refractivity contribution in [2.75, 3.05) is 6.54 Å². The van der Waals surface area contributed by atoms with Crippen LogP contribution in [-0.2, 0) is 9.59 Å². The molecular weight excluding hydrogens is 264 g/mol. The molecule has 5 nitrogen and oxygen atoms in total. The highest BCUT2D eigenvalue weighted by molar-refractivity contribution is 8.01. The normalized spacial score (nSPS) is 26.8. The first-order valence-corrected chi connectivity index (χ1v) is 7.38. The summed E-state index contributed by atoms with van der Waals surface area (Å²) in [7, 11) is 0. The van der Waals surface area contributed by atoms with Gasteiger partial charge < -0.3 is 14.6 Å². The Bertz CT molecular complexity index is 484. The first-order chi connectivity index (χ1) is 9.15. The molecule has 1 aromatic heterocycles. The Morgan fingerprint density at radius 1 is 1.58 bits per heavy atom. The molecule has 1 aliphatic heterocycles. The zero-order valence-corrected chi connectivity index (χ0v) is 11.5. The lowest BCUT2D eigenvalue weighted by molar-refractivity contribution is -0.135. The topological polar surface area (TPSA) is 62.6 Å². The molecule has 0 radical (unpaired) electrons. The number of carbonyl (C=O) groups excluding carboxylic acids is 2. The van der Waals surface area contributed by atoms with Crippen molar-refractivity contribution in [1.82, 2.24) is 10.2 Å². The number of nitrogens with zero attached hydrogens (tertiary/aromatic N) is 1. The summed E-state index contributed by atoms with van der Waals surface area (Å²) in [5, 5.41) is 2.58. The molecule has 2 aliphatic rings. The molecule has 0 unspecified atom stereocenters. The Morgan fingerprint density at radius 3 is 3.00 bits per heavy atom. The van der Waals surface area contributed by atoms with Crippen molar-refractivity contribution in [2.45, 2.75) is 36.4 Å². The van der Waals surface area contributed by atoms with Gasteiger partial charge in [-0.3, -0.25) is 9.59 Å². The van der Waals surface area contributed by atoms with Crippen LogP contribution in [0.4, 0.5) is 0 Å². The van der Waals surface area contributed by atoms with E-state index in [1.165, 1.54) is 11.8 Å². The molecule has 102 valence electrons. The van der Waals surface area contributed by atoms with Crippen LogP contribution in [0.2, 0.25) is 0 Å². The largest absolute Gasteiger partial charge is 0.466 e. The smallest absolute Gasteiger partial charge is 0.239 e. The van der Waals surface area contributed by atoms with Crippen LogP contribution in [0.3, 0.4) is 0 Å². The number of carbonyl (C=O) groups is 2. The van der Waals surface area contributed by atoms with Crippen LogP contribution < -0.4 is 5.32 Å². The standard InChI is InChI=1S/C13H16N2O3S/c1-8-12(17)15(7-11(16)14-9-4-5-9)13(19-8)10-3-2-6-18-10/h2-3,6,8-9,13H,4-5,7H2,1H3,(H,14,16)/t8-,13-/m0/s1. The minimum atomic E-state index is -0.192. The van der Waals surface area contributed by atoms with E-state index in [-0.39, 0.29) is 29.0 Å². The Balaban J connectivity index is 1.71. The summed E-state index contributed by atoms with van der Waals surface area (Å²) in [5.74, 6) is 0.640. The monoisotopic (exact) mass is 280 g/mol. The average molecular weight is 280 g/mol. The second kappa shape index (κ2) is 4.92. The van der Waals surface area contributed by atoms with Gasteiger partial charge in [-0.25, -0.2) is 0 Å². The Morgan fingerprint density at radius 2 is 2.37 bits per heavy atom. The van der Waals surface area contributed by atoms with Crippen LogP contribution in [0.1, 0.15) is 30.9 Å². The van der Waals surface area contributed by atoms with E-state index >= 15 is 0 Å². The number of amides is 2. The predicted octanol–water partition coefficient (Wildman–Crippen LogP) is 1.52. The van der Waals surface area contributed by atoms with E-state index in [0.717, 1.165) is 18.6 Å². The molecular formula is C13H16N2O3S. The minimum Gasteiger partial charge on any atom is -0.466 e. The molecule has 2 atom stereocenters. The van der Waals surface area contributed by atoms with Crippen LogP contribution in [0, 0.1) is 0 Å². The number of furan rings is 1. The van der Waals surface area contributed by atoms with Gasteiger partial charge in [0.2, 0.25) is 11.8 Å². The highest BCUT2D eigenvalue weighted by Gasteiger charge is 2.41. The van der Waals surface area contributed by atoms with Crippen LogP contribution in [-0.4, -0.2) is 34.6 Å². The van der Waals surface area contributed by atoms with Crippen LogP contribution in [0.25, 0.3) is 0 Å². The van der Waals surface area contributed by atoms with Crippen molar-refractivity contribution in [2.24, 2.45) is 0 Å². The third-order valence-electron chi connectivity index (χ3n) is 3.29. The second-order valence-electron chi connectivity index (χ2n) is 4.95. The summed E-state index contributed by atoms with van der Waals surface area (Å²) in [6.45, 7) is 1.97. The van der Waals surface area contributed by atoms with Gasteiger partial charge in [0, 0.05) is 6.04 Å². The van der Waals surface area contributed by atoms with Gasteiger partial charge in [0.15, 0.2) is 0 Å². The van der Waals surface area contributed by atoms with E-state index in [4.69, 9.17) is 4.42 Å². The zero-order chi connectivity index (χ0) is 13.4. The summed E-state index contributed by atoms with van der Waals surface area (Å²) in [6, 6.07) is 3.96. The Labute approximate surface area is 115 Å². The van der Waals surface area contributed by atoms with Crippen LogP contribution in [0.15, 0.2) is 22.8 Å². The van der Waals surface area contributed by atoms with Gasteiger partial charge >= 0.3 is 0 Å². The van der Waals surface area contributed by atoms with Gasteiger partial charge in [0.05, 0.1) is 11.5 Å². The minimum absolute atomic E-state index is 0.00246. The number of rotatable bonds is 4. The second-order valence-corrected chi connectivity index (χ2v) is 6.38. The summed E-state index contributed by atoms with van der Waals surface area (Å²) in [6.07, 6.45) is 3.69. The van der Waals surface area contributed by atoms with E-state index in [2.05, 4.69) is 5.32 Å². The molecule has 1 aromatic rings. The molecule has 1 saturated carbocycles. The fourth-order valence-corrected chi connectivity index (χ4v) is 3.38. The van der Waals surface area contributed by atoms with E-state index in [1.54, 1.807) is 17.2 Å². The van der Waals surface area contributed by atoms with E-state index in [1.807, 2.05) is 13.0 Å². The zero-order valence-electron chi connectivity index (χ0n) is 10.7. The lowest BCUT2D eigenvalue weighted by Crippen LogP contribution is -2.40. The van der Waals surface area contributed by atoms with E-state index in [0.29, 0.717) is 6.04 Å². The Kier molecular flexibility index (Phi) is 3.26. The lowest BCUT2D eigenvalue weighted by Gasteiger charge is -2.21. The molecule has 6 heteroatoms. The molecule has 1 N–H and O–H groups in total. The molecule has 0 aromatic carbocycles. The Hall–Kier alpha value is -1.43. The van der Waals surface area contributed by atoms with Crippen molar-refractivity contribution in [3.63, 3.8) is 0 Å². The van der Waals surface area contributed by atoms with E-state index in [9.17, 15) is 9.59 Å². The first kappa shape index (κ1) is 12.6. The van der Waals surface area contributed by atoms with Gasteiger partial charge in [-0.2, -0.15) is 0 Å². The molecule has 2 fully saturated rings. The fourth-order valence-electron chi connectivity index (χ4n) is 2.14. The summed E-state index contributed by atoms with van der Waals surface area (Å²) in [5.41, 5.74) is 0. The van der Waals surface area contributed by atoms with Crippen molar-refractivity contribution in [1.29, 1.82) is 0 Å². The quantitative estimate of drug-likeness (QED) is 0.908. The lowest BCUT2D eigenvalue weighted by atomic mass is 10.3. The number of hydrogen-bond donors (Lipinski definition) is 1. The fraction of sp³-hybridized carbons (Fsp3) is 0.538. The number of nitrogens with one attached hydrogen (secondary N) is 1. The van der Waals surface area contributed by atoms with Gasteiger partial charge in [0.25, 0.3) is 0 Å². The molecule has 1 saturated heterocycles. The highest BCUT2D eigenvalue weighted by atomic mass is 32.2. The number of hydrogen-bond acceptors (Lipinski definition) is 4. The first-order valence-electron chi connectivity index (χ1n) is 6.44. The summed E-state index contributed by atoms with van der Waals surface area (Å²) >= 11 is 1.52. The third-order valence-corrected chi connectivity index (χ3v) is 4.64. The van der Waals surface area contributed by atoms with Gasteiger partial charge in [-0.05, 0) is 31.9 Å². The molecule has 2 heterocycles. The molecule has 1 aliphatic carbocycles. The van der Waals surface area contributed by atoms with Crippen molar-refractivity contribution in [3.8, 4) is 0 Å². The molecule has 2 amide bonds. The van der Waals surface area contributed by atoms with Crippen LogP contribution in [0.5, 0.6) is 0 Å². The molecule has 0 spiro atoms. The van der Waals surface area contributed by atoms with Crippen molar-refractivity contribution >= 4 is 23.6 Å². The highest BCUT2D eigenvalue weighted by Crippen LogP contribution is 2.42. The SMILES string of the molecule is C[C@@H]1S[C@@H](c2ccco2)N(CC(=O)NC2CC2)C1=O. The molecule has 0 bridgehead atoms. The molecule has 3 rings (SSSR count). The maximum absolute atomic E-state index is 12.1. The van der Waals surface area contributed by atoms with Gasteiger partial charge in [-0.1, -0.05) is 0 Å². The van der Waals surface area contributed by atoms with E-state index < -0.39 is 0 Å². The summed E-state index contributed by atoms with van der Waals surface area (Å²) < 4.78 is 5.37. The number of thioether (sulfide) groups is 1. The van der Waals surface area contributed by atoms with Gasteiger partial charge in [0.1, 0.15) is 17.7 Å². The predicted molar refractivity (Wildman–Crippen MR) is 71.4 cm³/mol. The van der Waals surface area contributed by atoms with Crippen LogP contribution >= 0.6 is 11.8 Å². The van der Waals surface area contributed by atoms with Crippen molar-refractivity contribution < 1.29 is 14.0 Å². The maximum atomic E-state index is 12.1. The van der Waals surface area contributed by atoms with Gasteiger partial charge in [-0.15, -0.1) is 11.8 Å². The average Bonchev–Trinajstić information content (AvgIpc) is 2.93. The maximum Gasteiger partial charge on any atom is 0.239 e. The van der Waals surface area contributed by atoms with Crippen molar-refractivity contribution in [3.05, 3.63) is 24.2 Å². The molecule has 19 heavy (non-hydrogen) atoms. The third kappa shape index (κ3) is 2.63. The summed E-state index contributed by atoms with van der Waals surface area (Å²) in [4.78, 5) is 25.6.